The van der Waals surface area contributed by atoms with E-state index in [-0.39, 0.29) is 11.7 Å². The van der Waals surface area contributed by atoms with Gasteiger partial charge in [0.1, 0.15) is 11.6 Å². The van der Waals surface area contributed by atoms with Crippen LogP contribution in [0.25, 0.3) is 11.4 Å². The molecular weight excluding hydrogens is 415 g/mol. The molecule has 29 heavy (non-hydrogen) atoms. The van der Waals surface area contributed by atoms with Crippen molar-refractivity contribution in [2.75, 3.05) is 18.2 Å². The van der Waals surface area contributed by atoms with Gasteiger partial charge in [0, 0.05) is 12.2 Å². The van der Waals surface area contributed by atoms with Gasteiger partial charge in [-0.25, -0.2) is 4.39 Å². The lowest BCUT2D eigenvalue weighted by molar-refractivity contribution is -0.113. The second kappa shape index (κ2) is 9.58. The van der Waals surface area contributed by atoms with Crippen LogP contribution in [0.2, 0.25) is 5.02 Å². The molecule has 1 N–H and O–H groups in total. The highest BCUT2D eigenvalue weighted by atomic mass is 35.5. The molecule has 0 bridgehead atoms. The predicted molar refractivity (Wildman–Crippen MR) is 113 cm³/mol. The van der Waals surface area contributed by atoms with E-state index < -0.39 is 5.82 Å². The molecule has 0 saturated heterocycles. The molecule has 2 aromatic carbocycles. The van der Waals surface area contributed by atoms with Crippen molar-refractivity contribution in [1.29, 1.82) is 0 Å². The Bertz CT molecular complexity index is 1040. The van der Waals surface area contributed by atoms with Crippen molar-refractivity contribution in [2.45, 2.75) is 11.7 Å². The fourth-order valence-electron chi connectivity index (χ4n) is 2.60. The molecule has 1 amide bonds. The molecule has 9 heteroatoms. The van der Waals surface area contributed by atoms with Crippen LogP contribution in [0, 0.1) is 5.82 Å². The first kappa shape index (κ1) is 20.9. The number of rotatable bonds is 8. The SMILES string of the molecule is C=CCn1c(SCC(=O)Nc2ccc(OC)c(Cl)c2)nnc1-c1ccccc1F. The fraction of sp³-hybridized carbons (Fsp3) is 0.150. The number of benzene rings is 2. The van der Waals surface area contributed by atoms with E-state index in [0.29, 0.717) is 39.5 Å². The molecule has 0 unspecified atom stereocenters. The molecule has 1 heterocycles. The summed E-state index contributed by atoms with van der Waals surface area (Å²) in [6.07, 6.45) is 1.66. The smallest absolute Gasteiger partial charge is 0.234 e. The molecule has 0 aliphatic carbocycles. The zero-order valence-corrected chi connectivity index (χ0v) is 17.1. The number of ether oxygens (including phenoxy) is 1. The van der Waals surface area contributed by atoms with Crippen molar-refractivity contribution >= 4 is 35.0 Å². The summed E-state index contributed by atoms with van der Waals surface area (Å²) in [6.45, 7) is 4.11. The summed E-state index contributed by atoms with van der Waals surface area (Å²) in [5.41, 5.74) is 0.895. The minimum absolute atomic E-state index is 0.0934. The first-order valence-corrected chi connectivity index (χ1v) is 9.95. The maximum absolute atomic E-state index is 14.2. The number of allylic oxidation sites excluding steroid dienone is 1. The Labute approximate surface area is 176 Å². The second-order valence-electron chi connectivity index (χ2n) is 5.87. The average molecular weight is 433 g/mol. The molecule has 0 aliphatic heterocycles. The monoisotopic (exact) mass is 432 g/mol. The van der Waals surface area contributed by atoms with Crippen molar-refractivity contribution in [1.82, 2.24) is 14.8 Å². The maximum Gasteiger partial charge on any atom is 0.234 e. The second-order valence-corrected chi connectivity index (χ2v) is 7.22. The van der Waals surface area contributed by atoms with Crippen LogP contribution >= 0.6 is 23.4 Å². The van der Waals surface area contributed by atoms with Crippen molar-refractivity contribution in [3.05, 3.63) is 66.0 Å². The molecule has 0 atom stereocenters. The predicted octanol–water partition coefficient (Wildman–Crippen LogP) is 4.66. The van der Waals surface area contributed by atoms with Gasteiger partial charge in [0.25, 0.3) is 0 Å². The molecule has 3 aromatic rings. The lowest BCUT2D eigenvalue weighted by Crippen LogP contribution is -2.14. The van der Waals surface area contributed by atoms with Crippen LogP contribution in [0.5, 0.6) is 5.75 Å². The minimum atomic E-state index is -0.393. The van der Waals surface area contributed by atoms with E-state index in [0.717, 1.165) is 0 Å². The Balaban J connectivity index is 1.72. The molecule has 0 spiro atoms. The largest absolute Gasteiger partial charge is 0.495 e. The number of carbonyl (C=O) groups is 1. The number of carbonyl (C=O) groups excluding carboxylic acids is 1. The molecule has 3 rings (SSSR count). The lowest BCUT2D eigenvalue weighted by Gasteiger charge is -2.09. The number of amides is 1. The summed E-state index contributed by atoms with van der Waals surface area (Å²) < 4.78 is 21.0. The Morgan fingerprint density at radius 2 is 2.14 bits per heavy atom. The lowest BCUT2D eigenvalue weighted by atomic mass is 10.2. The zero-order chi connectivity index (χ0) is 20.8. The number of nitrogens with zero attached hydrogens (tertiary/aromatic N) is 3. The summed E-state index contributed by atoms with van der Waals surface area (Å²) in [5, 5.41) is 11.9. The highest BCUT2D eigenvalue weighted by Crippen LogP contribution is 2.28. The zero-order valence-electron chi connectivity index (χ0n) is 15.6. The van der Waals surface area contributed by atoms with Crippen LogP contribution in [-0.4, -0.2) is 33.5 Å². The van der Waals surface area contributed by atoms with Gasteiger partial charge in [-0.05, 0) is 30.3 Å². The van der Waals surface area contributed by atoms with E-state index >= 15 is 0 Å². The quantitative estimate of drug-likeness (QED) is 0.414. The molecule has 0 radical (unpaired) electrons. The highest BCUT2D eigenvalue weighted by Gasteiger charge is 2.17. The van der Waals surface area contributed by atoms with Gasteiger partial charge >= 0.3 is 0 Å². The summed E-state index contributed by atoms with van der Waals surface area (Å²) in [6, 6.07) is 11.3. The Morgan fingerprint density at radius 3 is 2.83 bits per heavy atom. The van der Waals surface area contributed by atoms with Crippen LogP contribution in [-0.2, 0) is 11.3 Å². The van der Waals surface area contributed by atoms with Gasteiger partial charge in [-0.3, -0.25) is 9.36 Å². The number of hydrogen-bond donors (Lipinski definition) is 1. The summed E-state index contributed by atoms with van der Waals surface area (Å²) >= 11 is 7.27. The minimum Gasteiger partial charge on any atom is -0.495 e. The number of anilines is 1. The molecule has 0 aliphatic rings. The van der Waals surface area contributed by atoms with Crippen molar-refractivity contribution in [3.63, 3.8) is 0 Å². The summed E-state index contributed by atoms with van der Waals surface area (Å²) in [7, 11) is 1.52. The average Bonchev–Trinajstić information content (AvgIpc) is 3.10. The Hall–Kier alpha value is -2.84. The van der Waals surface area contributed by atoms with E-state index in [9.17, 15) is 9.18 Å². The normalized spacial score (nSPS) is 10.6. The van der Waals surface area contributed by atoms with Crippen molar-refractivity contribution < 1.29 is 13.9 Å². The third kappa shape index (κ3) is 4.96. The number of nitrogens with one attached hydrogen (secondary N) is 1. The van der Waals surface area contributed by atoms with Gasteiger partial charge < -0.3 is 10.1 Å². The summed E-state index contributed by atoms with van der Waals surface area (Å²) in [5.74, 6) is 0.369. The molecule has 1 aromatic heterocycles. The first-order chi connectivity index (χ1) is 14.0. The maximum atomic E-state index is 14.2. The number of aromatic nitrogens is 3. The van der Waals surface area contributed by atoms with Crippen molar-refractivity contribution in [3.8, 4) is 17.1 Å². The van der Waals surface area contributed by atoms with Gasteiger partial charge in [0.15, 0.2) is 11.0 Å². The van der Waals surface area contributed by atoms with Gasteiger partial charge in [-0.15, -0.1) is 16.8 Å². The molecule has 0 fully saturated rings. The fourth-order valence-corrected chi connectivity index (χ4v) is 3.61. The Morgan fingerprint density at radius 1 is 1.34 bits per heavy atom. The van der Waals surface area contributed by atoms with E-state index in [2.05, 4.69) is 22.1 Å². The number of hydrogen-bond acceptors (Lipinski definition) is 5. The van der Waals surface area contributed by atoms with Crippen LogP contribution < -0.4 is 10.1 Å². The van der Waals surface area contributed by atoms with Crippen LogP contribution in [0.1, 0.15) is 0 Å². The molecule has 0 saturated carbocycles. The van der Waals surface area contributed by atoms with E-state index in [1.54, 1.807) is 47.0 Å². The highest BCUT2D eigenvalue weighted by molar-refractivity contribution is 7.99. The molecule has 150 valence electrons. The third-order valence-electron chi connectivity index (χ3n) is 3.91. The van der Waals surface area contributed by atoms with Crippen LogP contribution in [0.3, 0.4) is 0 Å². The van der Waals surface area contributed by atoms with Crippen LogP contribution in [0.15, 0.2) is 60.3 Å². The summed E-state index contributed by atoms with van der Waals surface area (Å²) in [4.78, 5) is 12.3. The Kier molecular flexibility index (Phi) is 6.90. The number of methoxy groups -OCH3 is 1. The van der Waals surface area contributed by atoms with E-state index in [1.165, 1.54) is 24.9 Å². The third-order valence-corrected chi connectivity index (χ3v) is 5.17. The standard InChI is InChI=1S/C20H18ClFN4O2S/c1-3-10-26-19(14-6-4-5-7-16(14)22)24-25-20(26)29-12-18(27)23-13-8-9-17(28-2)15(21)11-13/h3-9,11H,1,10,12H2,2H3,(H,23,27). The van der Waals surface area contributed by atoms with E-state index in [4.69, 9.17) is 16.3 Å². The number of thioether (sulfide) groups is 1. The number of halogens is 2. The van der Waals surface area contributed by atoms with Crippen LogP contribution in [0.4, 0.5) is 10.1 Å². The van der Waals surface area contributed by atoms with Gasteiger partial charge in [0.2, 0.25) is 5.91 Å². The van der Waals surface area contributed by atoms with Crippen molar-refractivity contribution in [2.24, 2.45) is 0 Å². The van der Waals surface area contributed by atoms with Gasteiger partial charge in [-0.2, -0.15) is 0 Å². The van der Waals surface area contributed by atoms with Gasteiger partial charge in [-0.1, -0.05) is 41.6 Å². The molecular formula is C20H18ClFN4O2S. The topological polar surface area (TPSA) is 69.0 Å². The van der Waals surface area contributed by atoms with E-state index in [1.807, 2.05) is 0 Å². The van der Waals surface area contributed by atoms with Gasteiger partial charge in [0.05, 0.1) is 23.4 Å². The first-order valence-electron chi connectivity index (χ1n) is 8.58. The molecule has 6 nitrogen and oxygen atoms in total.